The predicted octanol–water partition coefficient (Wildman–Crippen LogP) is 2.53. The van der Waals surface area contributed by atoms with Crippen molar-refractivity contribution in [2.24, 2.45) is 0 Å². The van der Waals surface area contributed by atoms with Gasteiger partial charge in [-0.05, 0) is 36.4 Å². The Hall–Kier alpha value is -2.89. The molecule has 6 nitrogen and oxygen atoms in total. The molecule has 0 atom stereocenters. The van der Waals surface area contributed by atoms with E-state index >= 15 is 0 Å². The van der Waals surface area contributed by atoms with Crippen LogP contribution in [0.3, 0.4) is 0 Å². The molecular weight excluding hydrogens is 294 g/mol. The molecule has 2 aromatic carbocycles. The van der Waals surface area contributed by atoms with Crippen molar-refractivity contribution < 1.29 is 14.3 Å². The van der Waals surface area contributed by atoms with Crippen LogP contribution in [0.4, 0.5) is 17.1 Å². The van der Waals surface area contributed by atoms with Gasteiger partial charge in [0.05, 0.1) is 6.54 Å². The maximum atomic E-state index is 12.0. The van der Waals surface area contributed by atoms with E-state index in [9.17, 15) is 4.79 Å². The first kappa shape index (κ1) is 15.0. The lowest BCUT2D eigenvalue weighted by atomic mass is 10.2. The zero-order valence-electron chi connectivity index (χ0n) is 13.1. The molecule has 6 heteroatoms. The molecule has 1 heterocycles. The first-order valence-electron chi connectivity index (χ1n) is 7.32. The minimum absolute atomic E-state index is 0.111. The number of fused-ring (bicyclic) bond motifs is 1. The highest BCUT2D eigenvalue weighted by Gasteiger charge is 2.13. The Labute approximate surface area is 135 Å². The number of amides is 1. The van der Waals surface area contributed by atoms with Crippen molar-refractivity contribution in [3.8, 4) is 11.5 Å². The van der Waals surface area contributed by atoms with Crippen LogP contribution in [-0.2, 0) is 4.79 Å². The quantitative estimate of drug-likeness (QED) is 0.888. The van der Waals surface area contributed by atoms with E-state index in [1.54, 1.807) is 0 Å². The zero-order valence-corrected chi connectivity index (χ0v) is 13.1. The van der Waals surface area contributed by atoms with E-state index in [0.29, 0.717) is 5.75 Å². The van der Waals surface area contributed by atoms with Gasteiger partial charge in [-0.15, -0.1) is 0 Å². The van der Waals surface area contributed by atoms with Crippen molar-refractivity contribution in [3.05, 3.63) is 42.5 Å². The van der Waals surface area contributed by atoms with E-state index in [-0.39, 0.29) is 19.2 Å². The van der Waals surface area contributed by atoms with Crippen LogP contribution in [0.1, 0.15) is 0 Å². The Morgan fingerprint density at radius 2 is 1.74 bits per heavy atom. The third-order valence-corrected chi connectivity index (χ3v) is 3.49. The minimum Gasteiger partial charge on any atom is -0.454 e. The average Bonchev–Trinajstić information content (AvgIpc) is 3.01. The molecule has 0 bridgehead atoms. The summed E-state index contributed by atoms with van der Waals surface area (Å²) in [6, 6.07) is 13.2. The fourth-order valence-electron chi connectivity index (χ4n) is 2.24. The molecule has 1 aliphatic heterocycles. The van der Waals surface area contributed by atoms with Crippen LogP contribution in [0, 0.1) is 0 Å². The molecule has 0 spiro atoms. The highest BCUT2D eigenvalue weighted by molar-refractivity contribution is 5.93. The lowest BCUT2D eigenvalue weighted by Gasteiger charge is -2.13. The second-order valence-corrected chi connectivity index (χ2v) is 5.41. The number of benzene rings is 2. The van der Waals surface area contributed by atoms with Crippen molar-refractivity contribution in [2.45, 2.75) is 0 Å². The summed E-state index contributed by atoms with van der Waals surface area (Å²) in [5.74, 6) is 1.30. The molecule has 1 amide bonds. The Kier molecular flexibility index (Phi) is 4.23. The lowest BCUT2D eigenvalue weighted by Crippen LogP contribution is -2.21. The SMILES string of the molecule is CN(C)c1ccc(NC(=O)CNc2ccc3c(c2)OCO3)cc1. The molecule has 0 radical (unpaired) electrons. The number of carbonyl (C=O) groups is 1. The predicted molar refractivity (Wildman–Crippen MR) is 90.5 cm³/mol. The number of nitrogens with zero attached hydrogens (tertiary/aromatic N) is 1. The fraction of sp³-hybridized carbons (Fsp3) is 0.235. The monoisotopic (exact) mass is 313 g/mol. The van der Waals surface area contributed by atoms with Crippen LogP contribution < -0.4 is 25.0 Å². The smallest absolute Gasteiger partial charge is 0.243 e. The summed E-state index contributed by atoms with van der Waals surface area (Å²) < 4.78 is 10.6. The second kappa shape index (κ2) is 6.48. The van der Waals surface area contributed by atoms with E-state index < -0.39 is 0 Å². The molecule has 3 rings (SSSR count). The van der Waals surface area contributed by atoms with Gasteiger partial charge in [0, 0.05) is 37.2 Å². The van der Waals surface area contributed by atoms with E-state index in [2.05, 4.69) is 10.6 Å². The molecule has 0 aliphatic carbocycles. The van der Waals surface area contributed by atoms with E-state index in [4.69, 9.17) is 9.47 Å². The first-order valence-corrected chi connectivity index (χ1v) is 7.32. The van der Waals surface area contributed by atoms with Crippen molar-refractivity contribution in [3.63, 3.8) is 0 Å². The Morgan fingerprint density at radius 1 is 1.04 bits per heavy atom. The highest BCUT2D eigenvalue weighted by atomic mass is 16.7. The van der Waals surface area contributed by atoms with Gasteiger partial charge in [0.2, 0.25) is 12.7 Å². The minimum atomic E-state index is -0.111. The number of ether oxygens (including phenoxy) is 2. The van der Waals surface area contributed by atoms with Gasteiger partial charge in [0.1, 0.15) is 0 Å². The van der Waals surface area contributed by atoms with Gasteiger partial charge in [-0.3, -0.25) is 4.79 Å². The number of rotatable bonds is 5. The van der Waals surface area contributed by atoms with Gasteiger partial charge in [-0.25, -0.2) is 0 Å². The normalized spacial score (nSPS) is 11.9. The molecule has 0 aromatic heterocycles. The summed E-state index contributed by atoms with van der Waals surface area (Å²) in [5, 5.41) is 5.92. The van der Waals surface area contributed by atoms with E-state index in [1.165, 1.54) is 0 Å². The zero-order chi connectivity index (χ0) is 16.2. The van der Waals surface area contributed by atoms with Crippen LogP contribution in [0.15, 0.2) is 42.5 Å². The molecule has 23 heavy (non-hydrogen) atoms. The van der Waals surface area contributed by atoms with Gasteiger partial charge in [0.25, 0.3) is 0 Å². The first-order chi connectivity index (χ1) is 11.1. The molecule has 1 aliphatic rings. The summed E-state index contributed by atoms with van der Waals surface area (Å²) in [6.45, 7) is 0.414. The topological polar surface area (TPSA) is 62.8 Å². The summed E-state index contributed by atoms with van der Waals surface area (Å²) in [4.78, 5) is 14.0. The standard InChI is InChI=1S/C17H19N3O3/c1-20(2)14-6-3-12(4-7-14)19-17(21)10-18-13-5-8-15-16(9-13)23-11-22-15/h3-9,18H,10-11H2,1-2H3,(H,19,21). The second-order valence-electron chi connectivity index (χ2n) is 5.41. The Morgan fingerprint density at radius 3 is 2.48 bits per heavy atom. The molecule has 0 unspecified atom stereocenters. The molecule has 2 N–H and O–H groups in total. The van der Waals surface area contributed by atoms with Crippen molar-refractivity contribution in [1.82, 2.24) is 0 Å². The third kappa shape index (κ3) is 3.66. The summed E-state index contributed by atoms with van der Waals surface area (Å²) in [5.41, 5.74) is 2.67. The highest BCUT2D eigenvalue weighted by Crippen LogP contribution is 2.34. The van der Waals surface area contributed by atoms with Crippen LogP contribution >= 0.6 is 0 Å². The molecular formula is C17H19N3O3. The maximum Gasteiger partial charge on any atom is 0.243 e. The molecule has 120 valence electrons. The fourth-order valence-corrected chi connectivity index (χ4v) is 2.24. The van der Waals surface area contributed by atoms with Gasteiger partial charge < -0.3 is 25.0 Å². The van der Waals surface area contributed by atoms with Gasteiger partial charge >= 0.3 is 0 Å². The van der Waals surface area contributed by atoms with Crippen LogP contribution in [0.2, 0.25) is 0 Å². The molecule has 2 aromatic rings. The van der Waals surface area contributed by atoms with Crippen LogP contribution in [0.5, 0.6) is 11.5 Å². The number of anilines is 3. The third-order valence-electron chi connectivity index (χ3n) is 3.49. The van der Waals surface area contributed by atoms with E-state index in [0.717, 1.165) is 22.8 Å². The summed E-state index contributed by atoms with van der Waals surface area (Å²) >= 11 is 0. The van der Waals surface area contributed by atoms with Crippen LogP contribution in [0.25, 0.3) is 0 Å². The molecule has 0 saturated heterocycles. The van der Waals surface area contributed by atoms with Crippen molar-refractivity contribution in [1.29, 1.82) is 0 Å². The maximum absolute atomic E-state index is 12.0. The number of nitrogens with one attached hydrogen (secondary N) is 2. The Bertz CT molecular complexity index is 699. The summed E-state index contributed by atoms with van der Waals surface area (Å²) in [6.07, 6.45) is 0. The summed E-state index contributed by atoms with van der Waals surface area (Å²) in [7, 11) is 3.95. The van der Waals surface area contributed by atoms with E-state index in [1.807, 2.05) is 61.5 Å². The van der Waals surface area contributed by atoms with Crippen LogP contribution in [-0.4, -0.2) is 33.3 Å². The van der Waals surface area contributed by atoms with Gasteiger partial charge in [-0.2, -0.15) is 0 Å². The average molecular weight is 313 g/mol. The Balaban J connectivity index is 1.53. The molecule has 0 fully saturated rings. The lowest BCUT2D eigenvalue weighted by molar-refractivity contribution is -0.114. The number of hydrogen-bond donors (Lipinski definition) is 2. The van der Waals surface area contributed by atoms with Gasteiger partial charge in [-0.1, -0.05) is 0 Å². The van der Waals surface area contributed by atoms with Gasteiger partial charge in [0.15, 0.2) is 11.5 Å². The van der Waals surface area contributed by atoms with Crippen molar-refractivity contribution in [2.75, 3.05) is 43.0 Å². The number of carbonyl (C=O) groups excluding carboxylic acids is 1. The largest absolute Gasteiger partial charge is 0.454 e. The van der Waals surface area contributed by atoms with Crippen molar-refractivity contribution >= 4 is 23.0 Å². The number of hydrogen-bond acceptors (Lipinski definition) is 5. The molecule has 0 saturated carbocycles.